The van der Waals surface area contributed by atoms with Gasteiger partial charge in [-0.1, -0.05) is 72.0 Å². The van der Waals surface area contributed by atoms with Crippen LogP contribution < -0.4 is 0 Å². The summed E-state index contributed by atoms with van der Waals surface area (Å²) in [7, 11) is -1.18. The van der Waals surface area contributed by atoms with E-state index >= 15 is 0 Å². The molecule has 0 fully saturated rings. The molecule has 0 aliphatic carbocycles. The topological polar surface area (TPSA) is 0 Å². The Morgan fingerprint density at radius 3 is 2.13 bits per heavy atom. The van der Waals surface area contributed by atoms with Crippen molar-refractivity contribution in [2.75, 3.05) is 0 Å². The minimum absolute atomic E-state index is 0.525. The average molecular weight is 283 g/mol. The van der Waals surface area contributed by atoms with E-state index in [-0.39, 0.29) is 0 Å². The lowest BCUT2D eigenvalue weighted by Gasteiger charge is -2.26. The highest BCUT2D eigenvalue weighted by Gasteiger charge is 2.27. The Bertz CT molecular complexity index is 335. The van der Waals surface area contributed by atoms with Crippen LogP contribution in [0.4, 0.5) is 0 Å². The maximum Gasteiger partial charge on any atom is 0.0651 e. The highest BCUT2D eigenvalue weighted by atomic mass is 79.9. The SMILES string of the molecule is C/C=C(\c1ccccc1)C(Br)[Si](C)(C)C. The average Bonchev–Trinajstić information content (AvgIpc) is 2.19. The molecule has 0 amide bonds. The van der Waals surface area contributed by atoms with Gasteiger partial charge in [0.1, 0.15) is 0 Å². The molecule has 1 atom stereocenters. The van der Waals surface area contributed by atoms with Crippen LogP contribution >= 0.6 is 15.9 Å². The second-order valence-electron chi connectivity index (χ2n) is 4.84. The van der Waals surface area contributed by atoms with Crippen LogP contribution in [0, 0.1) is 0 Å². The van der Waals surface area contributed by atoms with E-state index in [9.17, 15) is 0 Å². The summed E-state index contributed by atoms with van der Waals surface area (Å²) in [5, 5.41) is 0. The molecule has 0 saturated carbocycles. The summed E-state index contributed by atoms with van der Waals surface area (Å²) in [5.74, 6) is 0. The van der Waals surface area contributed by atoms with Crippen LogP contribution in [-0.2, 0) is 0 Å². The van der Waals surface area contributed by atoms with E-state index in [0.717, 1.165) is 0 Å². The van der Waals surface area contributed by atoms with Crippen molar-refractivity contribution in [2.45, 2.75) is 31.0 Å². The number of halogens is 1. The summed E-state index contributed by atoms with van der Waals surface area (Å²) in [5.41, 5.74) is 2.76. The van der Waals surface area contributed by atoms with Gasteiger partial charge < -0.3 is 0 Å². The molecule has 1 unspecified atom stereocenters. The van der Waals surface area contributed by atoms with Gasteiger partial charge in [0.15, 0.2) is 0 Å². The molecule has 1 aromatic rings. The van der Waals surface area contributed by atoms with Crippen molar-refractivity contribution in [2.24, 2.45) is 0 Å². The number of hydrogen-bond acceptors (Lipinski definition) is 0. The molecule has 0 saturated heterocycles. The van der Waals surface area contributed by atoms with Crippen molar-refractivity contribution in [3.8, 4) is 0 Å². The number of hydrogen-bond donors (Lipinski definition) is 0. The third kappa shape index (κ3) is 3.32. The van der Waals surface area contributed by atoms with Gasteiger partial charge in [-0.3, -0.25) is 0 Å². The van der Waals surface area contributed by atoms with Crippen molar-refractivity contribution in [1.29, 1.82) is 0 Å². The third-order valence-electron chi connectivity index (χ3n) is 2.45. The third-order valence-corrected chi connectivity index (χ3v) is 8.90. The smallest absolute Gasteiger partial charge is 0.0651 e. The van der Waals surface area contributed by atoms with Crippen molar-refractivity contribution in [1.82, 2.24) is 0 Å². The van der Waals surface area contributed by atoms with Gasteiger partial charge in [0, 0.05) is 4.45 Å². The first-order valence-corrected chi connectivity index (χ1v) is 9.82. The van der Waals surface area contributed by atoms with E-state index in [0.29, 0.717) is 4.45 Å². The van der Waals surface area contributed by atoms with Crippen LogP contribution in [0.1, 0.15) is 12.5 Å². The zero-order chi connectivity index (χ0) is 11.5. The summed E-state index contributed by atoms with van der Waals surface area (Å²) in [6, 6.07) is 10.6. The summed E-state index contributed by atoms with van der Waals surface area (Å²) in [6.45, 7) is 9.29. The van der Waals surface area contributed by atoms with Crippen LogP contribution in [-0.4, -0.2) is 12.5 Å². The van der Waals surface area contributed by atoms with Crippen molar-refractivity contribution >= 4 is 29.6 Å². The van der Waals surface area contributed by atoms with Gasteiger partial charge in [-0.25, -0.2) is 0 Å². The van der Waals surface area contributed by atoms with Gasteiger partial charge in [0.2, 0.25) is 0 Å². The standard InChI is InChI=1S/C13H19BrSi/c1-5-12(13(14)15(2,3)4)11-9-7-6-8-10-11/h5-10,13H,1-4H3/b12-5+. The molecule has 0 bridgehead atoms. The monoisotopic (exact) mass is 282 g/mol. The fraction of sp³-hybridized carbons (Fsp3) is 0.385. The molecule has 0 aromatic heterocycles. The van der Waals surface area contributed by atoms with Crippen LogP contribution in [0.25, 0.3) is 5.57 Å². The van der Waals surface area contributed by atoms with Crippen LogP contribution in [0.3, 0.4) is 0 Å². The quantitative estimate of drug-likeness (QED) is 0.555. The minimum atomic E-state index is -1.18. The fourth-order valence-electron chi connectivity index (χ4n) is 1.56. The largest absolute Gasteiger partial charge is 0.0874 e. The predicted octanol–water partition coefficient (Wildman–Crippen LogP) is 4.73. The lowest BCUT2D eigenvalue weighted by atomic mass is 10.1. The normalized spacial score (nSPS) is 15.1. The summed E-state index contributed by atoms with van der Waals surface area (Å²) in [4.78, 5) is 0. The zero-order valence-corrected chi connectivity index (χ0v) is 12.5. The Kier molecular flexibility index (Phi) is 4.35. The molecule has 2 heteroatoms. The molecule has 0 aliphatic heterocycles. The Hall–Kier alpha value is -0.343. The van der Waals surface area contributed by atoms with Crippen molar-refractivity contribution < 1.29 is 0 Å². The van der Waals surface area contributed by atoms with E-state index < -0.39 is 8.07 Å². The maximum atomic E-state index is 3.86. The number of benzene rings is 1. The van der Waals surface area contributed by atoms with E-state index in [2.05, 4.69) is 78.9 Å². The molecule has 1 aromatic carbocycles. The molecule has 0 aliphatic rings. The number of alkyl halides is 1. The number of allylic oxidation sites excluding steroid dienone is 2. The first-order chi connectivity index (χ1) is 6.96. The van der Waals surface area contributed by atoms with E-state index in [1.54, 1.807) is 0 Å². The minimum Gasteiger partial charge on any atom is -0.0874 e. The molecule has 0 radical (unpaired) electrons. The Morgan fingerprint density at radius 1 is 1.20 bits per heavy atom. The second kappa shape index (κ2) is 5.13. The van der Waals surface area contributed by atoms with E-state index in [1.807, 2.05) is 0 Å². The number of rotatable bonds is 3. The van der Waals surface area contributed by atoms with Gasteiger partial charge >= 0.3 is 0 Å². The van der Waals surface area contributed by atoms with E-state index in [4.69, 9.17) is 0 Å². The van der Waals surface area contributed by atoms with Gasteiger partial charge in [0.25, 0.3) is 0 Å². The van der Waals surface area contributed by atoms with Gasteiger partial charge in [-0.15, -0.1) is 0 Å². The fourth-order valence-corrected chi connectivity index (χ4v) is 3.35. The van der Waals surface area contributed by atoms with Crippen LogP contribution in [0.2, 0.25) is 19.6 Å². The van der Waals surface area contributed by atoms with Crippen LogP contribution in [0.5, 0.6) is 0 Å². The van der Waals surface area contributed by atoms with Gasteiger partial charge in [0.05, 0.1) is 8.07 Å². The van der Waals surface area contributed by atoms with Crippen molar-refractivity contribution in [3.63, 3.8) is 0 Å². The first kappa shape index (κ1) is 12.7. The Morgan fingerprint density at radius 2 is 1.73 bits per heavy atom. The van der Waals surface area contributed by atoms with Gasteiger partial charge in [-0.2, -0.15) is 0 Å². The molecule has 0 nitrogen and oxygen atoms in total. The predicted molar refractivity (Wildman–Crippen MR) is 76.2 cm³/mol. The zero-order valence-electron chi connectivity index (χ0n) is 9.92. The molecule has 0 N–H and O–H groups in total. The molecule has 1 rings (SSSR count). The summed E-state index contributed by atoms with van der Waals surface area (Å²) >= 11 is 3.86. The summed E-state index contributed by atoms with van der Waals surface area (Å²) < 4.78 is 0.525. The van der Waals surface area contributed by atoms with Crippen molar-refractivity contribution in [3.05, 3.63) is 42.0 Å². The highest BCUT2D eigenvalue weighted by Crippen LogP contribution is 2.30. The highest BCUT2D eigenvalue weighted by molar-refractivity contribution is 9.10. The summed E-state index contributed by atoms with van der Waals surface area (Å²) in [6.07, 6.45) is 2.23. The van der Waals surface area contributed by atoms with E-state index in [1.165, 1.54) is 11.1 Å². The lowest BCUT2D eigenvalue weighted by Crippen LogP contribution is -2.34. The lowest BCUT2D eigenvalue weighted by molar-refractivity contribution is 1.43. The molecular weight excluding hydrogens is 264 g/mol. The molecular formula is C13H19BrSi. The Labute approximate surface area is 103 Å². The molecule has 15 heavy (non-hydrogen) atoms. The molecule has 0 heterocycles. The second-order valence-corrected chi connectivity index (χ2v) is 11.9. The van der Waals surface area contributed by atoms with Gasteiger partial charge in [-0.05, 0) is 18.1 Å². The maximum absolute atomic E-state index is 3.86. The molecule has 82 valence electrons. The Balaban J connectivity index is 3.02. The molecule has 0 spiro atoms. The first-order valence-electron chi connectivity index (χ1n) is 5.32. The van der Waals surface area contributed by atoms with Crippen LogP contribution in [0.15, 0.2) is 36.4 Å².